The second-order valence-electron chi connectivity index (χ2n) is 4.20. The van der Waals surface area contributed by atoms with Gasteiger partial charge in [-0.25, -0.2) is 0 Å². The van der Waals surface area contributed by atoms with Crippen LogP contribution >= 0.6 is 11.3 Å². The van der Waals surface area contributed by atoms with E-state index in [2.05, 4.69) is 10.1 Å². The van der Waals surface area contributed by atoms with Gasteiger partial charge < -0.3 is 10.3 Å². The topological polar surface area (TPSA) is 64.9 Å². The van der Waals surface area contributed by atoms with E-state index >= 15 is 0 Å². The molecule has 0 aliphatic heterocycles. The number of thiophene rings is 1. The van der Waals surface area contributed by atoms with E-state index in [0.29, 0.717) is 18.1 Å². The van der Waals surface area contributed by atoms with Crippen LogP contribution in [0.2, 0.25) is 0 Å². The summed E-state index contributed by atoms with van der Waals surface area (Å²) in [4.78, 5) is 5.39. The van der Waals surface area contributed by atoms with Gasteiger partial charge in [-0.15, -0.1) is 11.3 Å². The lowest BCUT2D eigenvalue weighted by molar-refractivity contribution is 0.364. The van der Waals surface area contributed by atoms with Gasteiger partial charge in [-0.1, -0.05) is 41.6 Å². The van der Waals surface area contributed by atoms with Gasteiger partial charge >= 0.3 is 0 Å². The summed E-state index contributed by atoms with van der Waals surface area (Å²) in [5.74, 6) is 1.13. The summed E-state index contributed by atoms with van der Waals surface area (Å²) < 4.78 is 5.24. The molecule has 4 nitrogen and oxygen atoms in total. The summed E-state index contributed by atoms with van der Waals surface area (Å²) in [6.45, 7) is 0. The molecule has 0 spiro atoms. The Bertz CT molecular complexity index is 634. The molecular formula is C14H13N3OS. The monoisotopic (exact) mass is 271 g/mol. The van der Waals surface area contributed by atoms with Crippen LogP contribution in [0.1, 0.15) is 28.2 Å². The van der Waals surface area contributed by atoms with Crippen molar-refractivity contribution in [1.82, 2.24) is 10.1 Å². The number of rotatable bonds is 4. The average molecular weight is 271 g/mol. The first-order valence-corrected chi connectivity index (χ1v) is 6.86. The molecule has 1 atom stereocenters. The number of aromatic nitrogens is 2. The summed E-state index contributed by atoms with van der Waals surface area (Å²) in [6.07, 6.45) is 0.654. The predicted molar refractivity (Wildman–Crippen MR) is 73.9 cm³/mol. The summed E-state index contributed by atoms with van der Waals surface area (Å²) in [7, 11) is 0. The van der Waals surface area contributed by atoms with Gasteiger partial charge in [-0.3, -0.25) is 0 Å². The van der Waals surface area contributed by atoms with Gasteiger partial charge in [0.1, 0.15) is 6.04 Å². The Hall–Kier alpha value is -1.98. The summed E-state index contributed by atoms with van der Waals surface area (Å²) in [5.41, 5.74) is 7.23. The molecular weight excluding hydrogens is 258 g/mol. The largest absolute Gasteiger partial charge is 0.337 e. The van der Waals surface area contributed by atoms with E-state index < -0.39 is 0 Å². The van der Waals surface area contributed by atoms with Crippen LogP contribution in [0.15, 0.2) is 52.4 Å². The molecule has 2 aromatic heterocycles. The molecule has 2 heterocycles. The quantitative estimate of drug-likeness (QED) is 0.792. The lowest BCUT2D eigenvalue weighted by atomic mass is 10.1. The van der Waals surface area contributed by atoms with Gasteiger partial charge in [0.15, 0.2) is 5.82 Å². The zero-order valence-electron chi connectivity index (χ0n) is 10.2. The van der Waals surface area contributed by atoms with Gasteiger partial charge in [-0.05, 0) is 17.0 Å². The van der Waals surface area contributed by atoms with Gasteiger partial charge in [0.25, 0.3) is 0 Å². The minimum Gasteiger partial charge on any atom is -0.337 e. The van der Waals surface area contributed by atoms with E-state index in [4.69, 9.17) is 10.3 Å². The van der Waals surface area contributed by atoms with E-state index in [-0.39, 0.29) is 6.04 Å². The van der Waals surface area contributed by atoms with Crippen molar-refractivity contribution in [3.63, 3.8) is 0 Å². The van der Waals surface area contributed by atoms with Crippen LogP contribution in [-0.4, -0.2) is 10.1 Å². The summed E-state index contributed by atoms with van der Waals surface area (Å²) >= 11 is 1.59. The highest BCUT2D eigenvalue weighted by molar-refractivity contribution is 7.10. The molecule has 19 heavy (non-hydrogen) atoms. The lowest BCUT2D eigenvalue weighted by Crippen LogP contribution is -2.10. The second kappa shape index (κ2) is 5.34. The first-order chi connectivity index (χ1) is 9.33. The Morgan fingerprint density at radius 1 is 1.16 bits per heavy atom. The summed E-state index contributed by atoms with van der Waals surface area (Å²) in [6, 6.07) is 13.6. The molecule has 0 saturated carbocycles. The predicted octanol–water partition coefficient (Wildman–Crippen LogP) is 2.77. The zero-order chi connectivity index (χ0) is 13.1. The molecule has 2 N–H and O–H groups in total. The maximum atomic E-state index is 6.08. The van der Waals surface area contributed by atoms with E-state index in [1.54, 1.807) is 11.3 Å². The van der Waals surface area contributed by atoms with Crippen molar-refractivity contribution >= 4 is 11.3 Å². The first kappa shape index (κ1) is 12.1. The Labute approximate surface area is 114 Å². The Morgan fingerprint density at radius 3 is 2.74 bits per heavy atom. The van der Waals surface area contributed by atoms with Crippen molar-refractivity contribution in [1.29, 1.82) is 0 Å². The van der Waals surface area contributed by atoms with E-state index in [1.807, 2.05) is 47.8 Å². The number of nitrogens with two attached hydrogens (primary N) is 1. The van der Waals surface area contributed by atoms with Crippen LogP contribution in [0.5, 0.6) is 0 Å². The molecule has 0 saturated heterocycles. The third kappa shape index (κ3) is 2.72. The van der Waals surface area contributed by atoms with E-state index in [9.17, 15) is 0 Å². The first-order valence-electron chi connectivity index (χ1n) is 5.98. The van der Waals surface area contributed by atoms with Crippen LogP contribution in [-0.2, 0) is 6.42 Å². The molecule has 5 heteroatoms. The normalized spacial score (nSPS) is 12.5. The van der Waals surface area contributed by atoms with Crippen molar-refractivity contribution in [2.45, 2.75) is 12.5 Å². The maximum absolute atomic E-state index is 6.08. The van der Waals surface area contributed by atoms with Crippen molar-refractivity contribution in [3.8, 4) is 0 Å². The second-order valence-corrected chi connectivity index (χ2v) is 5.18. The highest BCUT2D eigenvalue weighted by atomic mass is 32.1. The standard InChI is InChI=1S/C14H13N3OS/c15-13(11-7-4-8-19-11)14-16-12(17-18-14)9-10-5-2-1-3-6-10/h1-8,13H,9,15H2. The molecule has 0 fully saturated rings. The molecule has 3 aromatic rings. The highest BCUT2D eigenvalue weighted by Gasteiger charge is 2.17. The Kier molecular flexibility index (Phi) is 3.39. The number of nitrogens with zero attached hydrogens (tertiary/aromatic N) is 2. The van der Waals surface area contributed by atoms with Gasteiger partial charge in [0.05, 0.1) is 0 Å². The van der Waals surface area contributed by atoms with Crippen molar-refractivity contribution < 1.29 is 4.52 Å². The molecule has 1 unspecified atom stereocenters. The van der Waals surface area contributed by atoms with Crippen LogP contribution in [0, 0.1) is 0 Å². The minimum absolute atomic E-state index is 0.336. The highest BCUT2D eigenvalue weighted by Crippen LogP contribution is 2.22. The molecule has 0 aliphatic rings. The molecule has 96 valence electrons. The van der Waals surface area contributed by atoms with Gasteiger partial charge in [0.2, 0.25) is 5.89 Å². The summed E-state index contributed by atoms with van der Waals surface area (Å²) in [5, 5.41) is 5.96. The van der Waals surface area contributed by atoms with Gasteiger partial charge in [0, 0.05) is 11.3 Å². The van der Waals surface area contributed by atoms with Crippen LogP contribution in [0.4, 0.5) is 0 Å². The lowest BCUT2D eigenvalue weighted by Gasteiger charge is -2.01. The molecule has 0 aliphatic carbocycles. The molecule has 0 bridgehead atoms. The Balaban J connectivity index is 1.76. The van der Waals surface area contributed by atoms with Crippen molar-refractivity contribution in [2.75, 3.05) is 0 Å². The minimum atomic E-state index is -0.336. The fourth-order valence-electron chi connectivity index (χ4n) is 1.83. The molecule has 0 amide bonds. The number of hydrogen-bond acceptors (Lipinski definition) is 5. The van der Waals surface area contributed by atoms with Gasteiger partial charge in [-0.2, -0.15) is 4.98 Å². The third-order valence-electron chi connectivity index (χ3n) is 2.80. The Morgan fingerprint density at radius 2 is 2.00 bits per heavy atom. The average Bonchev–Trinajstić information content (AvgIpc) is 3.10. The third-order valence-corrected chi connectivity index (χ3v) is 3.76. The smallest absolute Gasteiger partial charge is 0.248 e. The SMILES string of the molecule is NC(c1nc(Cc2ccccc2)no1)c1cccs1. The van der Waals surface area contributed by atoms with E-state index in [0.717, 1.165) is 10.4 Å². The van der Waals surface area contributed by atoms with E-state index in [1.165, 1.54) is 0 Å². The number of hydrogen-bond donors (Lipinski definition) is 1. The zero-order valence-corrected chi connectivity index (χ0v) is 11.0. The van der Waals surface area contributed by atoms with Crippen LogP contribution in [0.3, 0.4) is 0 Å². The van der Waals surface area contributed by atoms with Crippen LogP contribution in [0.25, 0.3) is 0 Å². The molecule has 3 rings (SSSR count). The van der Waals surface area contributed by atoms with Crippen molar-refractivity contribution in [3.05, 3.63) is 70.0 Å². The van der Waals surface area contributed by atoms with Crippen LogP contribution < -0.4 is 5.73 Å². The fraction of sp³-hybridized carbons (Fsp3) is 0.143. The fourth-order valence-corrected chi connectivity index (χ4v) is 2.55. The molecule has 0 radical (unpaired) electrons. The number of benzene rings is 1. The van der Waals surface area contributed by atoms with Crippen molar-refractivity contribution in [2.24, 2.45) is 5.73 Å². The maximum Gasteiger partial charge on any atom is 0.248 e. The molecule has 1 aromatic carbocycles.